The number of halogens is 1. The molecule has 30 heavy (non-hydrogen) atoms. The van der Waals surface area contributed by atoms with Gasteiger partial charge in [0.05, 0.1) is 12.2 Å². The highest BCUT2D eigenvalue weighted by Gasteiger charge is 2.26. The minimum absolute atomic E-state index is 0. The highest BCUT2D eigenvalue weighted by Crippen LogP contribution is 2.17. The lowest BCUT2D eigenvalue weighted by Gasteiger charge is -2.34. The monoisotopic (exact) mass is 530 g/mol. The number of likely N-dealkylation sites (tertiary alicyclic amines) is 1. The van der Waals surface area contributed by atoms with Gasteiger partial charge in [-0.1, -0.05) is 19.9 Å². The first-order valence-electron chi connectivity index (χ1n) is 10.9. The Bertz CT molecular complexity index is 669. The maximum atomic E-state index is 12.6. The first-order chi connectivity index (χ1) is 14.0. The van der Waals surface area contributed by atoms with Crippen LogP contribution >= 0.6 is 24.0 Å². The van der Waals surface area contributed by atoms with Crippen LogP contribution in [0.3, 0.4) is 0 Å². The second kappa shape index (κ2) is 13.7. The Balaban J connectivity index is 0.00000450. The molecule has 0 bridgehead atoms. The van der Waals surface area contributed by atoms with Gasteiger partial charge in [-0.2, -0.15) is 0 Å². The largest absolute Gasteiger partial charge is 0.363 e. The van der Waals surface area contributed by atoms with E-state index in [1.165, 1.54) is 0 Å². The SMILES string of the molecule is CCNC(=NCc1cccc(N(C)C)n1)NC1CCN(C(=O)C(CC)CC)CC1.I. The summed E-state index contributed by atoms with van der Waals surface area (Å²) in [6.07, 6.45) is 3.75. The summed E-state index contributed by atoms with van der Waals surface area (Å²) in [5.74, 6) is 2.24. The molecule has 0 radical (unpaired) electrons. The van der Waals surface area contributed by atoms with Crippen molar-refractivity contribution in [1.29, 1.82) is 0 Å². The molecule has 2 heterocycles. The summed E-state index contributed by atoms with van der Waals surface area (Å²) in [6, 6.07) is 6.34. The average Bonchev–Trinajstić information content (AvgIpc) is 2.73. The minimum atomic E-state index is 0. The molecule has 1 aliphatic heterocycles. The summed E-state index contributed by atoms with van der Waals surface area (Å²) in [6.45, 7) is 9.24. The van der Waals surface area contributed by atoms with E-state index in [-0.39, 0.29) is 29.9 Å². The number of hydrogen-bond donors (Lipinski definition) is 2. The molecule has 1 aromatic heterocycles. The van der Waals surface area contributed by atoms with Gasteiger partial charge in [-0.15, -0.1) is 24.0 Å². The molecular formula is C22H39IN6O. The Labute approximate surface area is 199 Å². The van der Waals surface area contributed by atoms with Gasteiger partial charge in [-0.05, 0) is 44.7 Å². The average molecular weight is 530 g/mol. The number of carbonyl (C=O) groups is 1. The van der Waals surface area contributed by atoms with E-state index < -0.39 is 0 Å². The van der Waals surface area contributed by atoms with E-state index in [4.69, 9.17) is 4.99 Å². The predicted octanol–water partition coefficient (Wildman–Crippen LogP) is 3.25. The number of amides is 1. The smallest absolute Gasteiger partial charge is 0.225 e. The van der Waals surface area contributed by atoms with Gasteiger partial charge >= 0.3 is 0 Å². The predicted molar refractivity (Wildman–Crippen MR) is 136 cm³/mol. The fourth-order valence-corrected chi connectivity index (χ4v) is 3.62. The number of hydrogen-bond acceptors (Lipinski definition) is 4. The van der Waals surface area contributed by atoms with Crippen LogP contribution in [0.4, 0.5) is 5.82 Å². The van der Waals surface area contributed by atoms with Gasteiger partial charge < -0.3 is 20.4 Å². The molecule has 0 aliphatic carbocycles. The van der Waals surface area contributed by atoms with Crippen LogP contribution in [-0.2, 0) is 11.3 Å². The van der Waals surface area contributed by atoms with Gasteiger partial charge in [0.2, 0.25) is 5.91 Å². The fraction of sp³-hybridized carbons (Fsp3) is 0.682. The standard InChI is InChI=1S/C22H38N6O.HI/c1-6-17(7-2)21(29)28-14-12-18(13-15-28)26-22(23-8-3)24-16-19-10-9-11-20(25-19)27(4)5;/h9-11,17-18H,6-8,12-16H2,1-5H3,(H2,23,24,26);1H. The lowest BCUT2D eigenvalue weighted by molar-refractivity contribution is -0.136. The zero-order valence-electron chi connectivity index (χ0n) is 19.1. The normalized spacial score (nSPS) is 15.0. The summed E-state index contributed by atoms with van der Waals surface area (Å²) in [5, 5.41) is 6.87. The lowest BCUT2D eigenvalue weighted by atomic mass is 9.98. The molecular weight excluding hydrogens is 491 g/mol. The Morgan fingerprint density at radius 1 is 1.23 bits per heavy atom. The number of nitrogens with one attached hydrogen (secondary N) is 2. The molecule has 1 aliphatic rings. The van der Waals surface area contributed by atoms with E-state index >= 15 is 0 Å². The highest BCUT2D eigenvalue weighted by atomic mass is 127. The van der Waals surface area contributed by atoms with E-state index in [1.807, 2.05) is 42.1 Å². The fourth-order valence-electron chi connectivity index (χ4n) is 3.62. The molecule has 7 nitrogen and oxygen atoms in total. The van der Waals surface area contributed by atoms with Crippen molar-refractivity contribution in [3.63, 3.8) is 0 Å². The van der Waals surface area contributed by atoms with Crippen molar-refractivity contribution in [3.05, 3.63) is 23.9 Å². The van der Waals surface area contributed by atoms with Gasteiger partial charge in [0.1, 0.15) is 5.82 Å². The van der Waals surface area contributed by atoms with E-state index in [0.29, 0.717) is 18.5 Å². The van der Waals surface area contributed by atoms with Crippen molar-refractivity contribution >= 4 is 41.7 Å². The zero-order chi connectivity index (χ0) is 21.2. The van der Waals surface area contributed by atoms with Crippen LogP contribution in [0.5, 0.6) is 0 Å². The molecule has 0 saturated carbocycles. The van der Waals surface area contributed by atoms with Crippen LogP contribution in [0, 0.1) is 5.92 Å². The lowest BCUT2D eigenvalue weighted by Crippen LogP contribution is -2.50. The highest BCUT2D eigenvalue weighted by molar-refractivity contribution is 14.0. The molecule has 8 heteroatoms. The number of carbonyl (C=O) groups excluding carboxylic acids is 1. The quantitative estimate of drug-likeness (QED) is 0.307. The van der Waals surface area contributed by atoms with E-state index in [2.05, 4.69) is 36.4 Å². The van der Waals surface area contributed by atoms with Crippen LogP contribution in [0.25, 0.3) is 0 Å². The van der Waals surface area contributed by atoms with Crippen LogP contribution in [0.15, 0.2) is 23.2 Å². The third kappa shape index (κ3) is 7.92. The van der Waals surface area contributed by atoms with Crippen LogP contribution < -0.4 is 15.5 Å². The summed E-state index contributed by atoms with van der Waals surface area (Å²) in [7, 11) is 3.97. The van der Waals surface area contributed by atoms with Gasteiger partial charge in [0.25, 0.3) is 0 Å². The molecule has 0 unspecified atom stereocenters. The molecule has 0 atom stereocenters. The molecule has 1 amide bonds. The van der Waals surface area contributed by atoms with Crippen LogP contribution in [0.1, 0.15) is 52.1 Å². The number of nitrogens with zero attached hydrogens (tertiary/aromatic N) is 4. The molecule has 0 spiro atoms. The molecule has 1 saturated heterocycles. The van der Waals surface area contributed by atoms with Crippen molar-refractivity contribution < 1.29 is 4.79 Å². The number of rotatable bonds is 8. The minimum Gasteiger partial charge on any atom is -0.363 e. The van der Waals surface area contributed by atoms with Crippen LogP contribution in [0.2, 0.25) is 0 Å². The summed E-state index contributed by atoms with van der Waals surface area (Å²) in [4.78, 5) is 26.0. The van der Waals surface area contributed by atoms with Gasteiger partial charge in [-0.3, -0.25) is 4.79 Å². The molecule has 2 N–H and O–H groups in total. The van der Waals surface area contributed by atoms with E-state index in [9.17, 15) is 4.79 Å². The number of aromatic nitrogens is 1. The Morgan fingerprint density at radius 2 is 1.90 bits per heavy atom. The third-order valence-corrected chi connectivity index (χ3v) is 5.48. The number of piperidine rings is 1. The third-order valence-electron chi connectivity index (χ3n) is 5.48. The molecule has 170 valence electrons. The van der Waals surface area contributed by atoms with Crippen molar-refractivity contribution in [2.24, 2.45) is 10.9 Å². The Hall–Kier alpha value is -1.58. The zero-order valence-corrected chi connectivity index (χ0v) is 21.5. The maximum Gasteiger partial charge on any atom is 0.225 e. The molecule has 1 fully saturated rings. The van der Waals surface area contributed by atoms with Crippen LogP contribution in [-0.4, -0.2) is 61.5 Å². The number of guanidine groups is 1. The van der Waals surface area contributed by atoms with Gasteiger partial charge in [0.15, 0.2) is 5.96 Å². The van der Waals surface area contributed by atoms with Gasteiger partial charge in [-0.25, -0.2) is 9.98 Å². The van der Waals surface area contributed by atoms with E-state index in [1.54, 1.807) is 0 Å². The molecule has 0 aromatic carbocycles. The number of anilines is 1. The Kier molecular flexibility index (Phi) is 12.1. The molecule has 1 aromatic rings. The summed E-state index contributed by atoms with van der Waals surface area (Å²) >= 11 is 0. The van der Waals surface area contributed by atoms with Crippen molar-refractivity contribution in [1.82, 2.24) is 20.5 Å². The van der Waals surface area contributed by atoms with Crippen molar-refractivity contribution in [2.75, 3.05) is 38.6 Å². The van der Waals surface area contributed by atoms with Crippen molar-refractivity contribution in [2.45, 2.75) is 59.0 Å². The van der Waals surface area contributed by atoms with Crippen molar-refractivity contribution in [3.8, 4) is 0 Å². The maximum absolute atomic E-state index is 12.6. The first kappa shape index (κ1) is 26.5. The second-order valence-electron chi connectivity index (χ2n) is 7.83. The number of pyridine rings is 1. The topological polar surface area (TPSA) is 72.9 Å². The second-order valence-corrected chi connectivity index (χ2v) is 7.83. The summed E-state index contributed by atoms with van der Waals surface area (Å²) < 4.78 is 0. The van der Waals surface area contributed by atoms with E-state index in [0.717, 1.165) is 62.8 Å². The van der Waals surface area contributed by atoms with Gasteiger partial charge in [0, 0.05) is 45.7 Å². The Morgan fingerprint density at radius 3 is 2.47 bits per heavy atom. The number of aliphatic imine (C=N–C) groups is 1. The summed E-state index contributed by atoms with van der Waals surface area (Å²) in [5.41, 5.74) is 0.944. The molecule has 2 rings (SSSR count). The first-order valence-corrected chi connectivity index (χ1v) is 10.9.